The molecule has 3 N–H and O–H groups in total. The SMILES string of the molecule is CC(=O)CC(=O)C(CO)C(CCO)CC1CC(=O)c2c(O)ccc(-c3ccc(CN4CCOCC4)o3)c2C1. The lowest BCUT2D eigenvalue weighted by atomic mass is 9.72. The molecule has 9 heteroatoms. The summed E-state index contributed by atoms with van der Waals surface area (Å²) < 4.78 is 11.6. The van der Waals surface area contributed by atoms with Crippen LogP contribution in [-0.4, -0.2) is 77.1 Å². The van der Waals surface area contributed by atoms with Crippen LogP contribution in [0, 0.1) is 17.8 Å². The van der Waals surface area contributed by atoms with Crippen molar-refractivity contribution in [3.63, 3.8) is 0 Å². The fraction of sp³-hybridized carbons (Fsp3) is 0.552. The number of furan rings is 1. The van der Waals surface area contributed by atoms with Gasteiger partial charge in [0.25, 0.3) is 0 Å². The van der Waals surface area contributed by atoms with Gasteiger partial charge in [-0.2, -0.15) is 0 Å². The number of ether oxygens (including phenoxy) is 1. The van der Waals surface area contributed by atoms with Crippen molar-refractivity contribution >= 4 is 17.3 Å². The molecule has 38 heavy (non-hydrogen) atoms. The monoisotopic (exact) mass is 527 g/mol. The van der Waals surface area contributed by atoms with Crippen LogP contribution in [-0.2, 0) is 27.3 Å². The summed E-state index contributed by atoms with van der Waals surface area (Å²) in [6.45, 7) is 4.45. The zero-order valence-electron chi connectivity index (χ0n) is 21.9. The Labute approximate surface area is 222 Å². The van der Waals surface area contributed by atoms with Gasteiger partial charge in [0.1, 0.15) is 28.8 Å². The number of aliphatic hydroxyl groups is 2. The molecule has 0 spiro atoms. The predicted molar refractivity (Wildman–Crippen MR) is 139 cm³/mol. The third kappa shape index (κ3) is 6.58. The van der Waals surface area contributed by atoms with Gasteiger partial charge in [-0.3, -0.25) is 19.3 Å². The Kier molecular flexibility index (Phi) is 9.49. The molecule has 0 radical (unpaired) electrons. The summed E-state index contributed by atoms with van der Waals surface area (Å²) in [5.74, 6) is -0.755. The maximum Gasteiger partial charge on any atom is 0.167 e. The predicted octanol–water partition coefficient (Wildman–Crippen LogP) is 2.77. The Morgan fingerprint density at radius 2 is 1.87 bits per heavy atom. The summed E-state index contributed by atoms with van der Waals surface area (Å²) in [5, 5.41) is 30.2. The number of hydrogen-bond acceptors (Lipinski definition) is 9. The number of benzene rings is 1. The summed E-state index contributed by atoms with van der Waals surface area (Å²) in [5.41, 5.74) is 1.75. The molecule has 1 aliphatic heterocycles. The van der Waals surface area contributed by atoms with Gasteiger partial charge in [0, 0.05) is 37.6 Å². The van der Waals surface area contributed by atoms with Crippen LogP contribution in [0.4, 0.5) is 0 Å². The molecule has 1 aliphatic carbocycles. The smallest absolute Gasteiger partial charge is 0.167 e. The van der Waals surface area contributed by atoms with Crippen LogP contribution in [0.25, 0.3) is 11.3 Å². The first-order chi connectivity index (χ1) is 18.3. The van der Waals surface area contributed by atoms with Crippen molar-refractivity contribution in [2.45, 2.75) is 45.6 Å². The minimum atomic E-state index is -0.779. The van der Waals surface area contributed by atoms with Gasteiger partial charge in [0.05, 0.1) is 38.3 Å². The first-order valence-electron chi connectivity index (χ1n) is 13.3. The van der Waals surface area contributed by atoms with E-state index in [0.717, 1.165) is 24.4 Å². The molecule has 1 fully saturated rings. The second kappa shape index (κ2) is 12.8. The second-order valence-corrected chi connectivity index (χ2v) is 10.5. The third-order valence-corrected chi connectivity index (χ3v) is 7.69. The number of Topliss-reactive ketones (excluding diaryl/α,β-unsaturated/α-hetero) is 3. The number of fused-ring (bicyclic) bond motifs is 1. The van der Waals surface area contributed by atoms with Gasteiger partial charge in [0.15, 0.2) is 5.78 Å². The van der Waals surface area contributed by atoms with E-state index in [9.17, 15) is 29.7 Å². The molecule has 2 aliphatic rings. The molecule has 9 nitrogen and oxygen atoms in total. The van der Waals surface area contributed by atoms with E-state index in [1.54, 1.807) is 6.07 Å². The average molecular weight is 528 g/mol. The molecule has 1 saturated heterocycles. The van der Waals surface area contributed by atoms with E-state index in [4.69, 9.17) is 9.15 Å². The number of ketones is 3. The summed E-state index contributed by atoms with van der Waals surface area (Å²) in [6, 6.07) is 7.09. The lowest BCUT2D eigenvalue weighted by Crippen LogP contribution is -2.35. The van der Waals surface area contributed by atoms with Gasteiger partial charge >= 0.3 is 0 Å². The highest BCUT2D eigenvalue weighted by Gasteiger charge is 2.35. The number of aromatic hydroxyl groups is 1. The van der Waals surface area contributed by atoms with Gasteiger partial charge in [-0.25, -0.2) is 0 Å². The van der Waals surface area contributed by atoms with Gasteiger partial charge in [0.2, 0.25) is 0 Å². The fourth-order valence-corrected chi connectivity index (χ4v) is 5.84. The minimum Gasteiger partial charge on any atom is -0.507 e. The highest BCUT2D eigenvalue weighted by molar-refractivity contribution is 6.03. The number of phenolic OH excluding ortho intramolecular Hbond substituents is 1. The summed E-state index contributed by atoms with van der Waals surface area (Å²) in [4.78, 5) is 39.6. The molecular formula is C29H37NO8. The van der Waals surface area contributed by atoms with Crippen LogP contribution in [0.3, 0.4) is 0 Å². The normalized spacial score (nSPS) is 19.7. The van der Waals surface area contributed by atoms with Crippen LogP contribution in [0.2, 0.25) is 0 Å². The van der Waals surface area contributed by atoms with Crippen LogP contribution in [0.15, 0.2) is 28.7 Å². The molecule has 4 rings (SSSR count). The Balaban J connectivity index is 1.57. The maximum atomic E-state index is 13.2. The van der Waals surface area contributed by atoms with E-state index in [-0.39, 0.29) is 60.8 Å². The number of carbonyl (C=O) groups is 3. The molecule has 3 unspecified atom stereocenters. The molecule has 2 aromatic rings. The van der Waals surface area contributed by atoms with Crippen molar-refractivity contribution in [3.8, 4) is 17.1 Å². The summed E-state index contributed by atoms with van der Waals surface area (Å²) >= 11 is 0. The largest absolute Gasteiger partial charge is 0.507 e. The van der Waals surface area contributed by atoms with Gasteiger partial charge in [-0.05, 0) is 67.9 Å². The summed E-state index contributed by atoms with van der Waals surface area (Å²) in [6.07, 6.45) is 1.11. The van der Waals surface area contributed by atoms with Crippen molar-refractivity contribution in [1.82, 2.24) is 4.90 Å². The van der Waals surface area contributed by atoms with Crippen LogP contribution < -0.4 is 0 Å². The van der Waals surface area contributed by atoms with Crippen molar-refractivity contribution in [1.29, 1.82) is 0 Å². The van der Waals surface area contributed by atoms with Crippen LogP contribution in [0.1, 0.15) is 54.3 Å². The van der Waals surface area contributed by atoms with Crippen LogP contribution >= 0.6 is 0 Å². The lowest BCUT2D eigenvalue weighted by Gasteiger charge is -2.31. The topological polar surface area (TPSA) is 138 Å². The van der Waals surface area contributed by atoms with Crippen molar-refractivity contribution in [2.24, 2.45) is 17.8 Å². The molecule has 3 atom stereocenters. The number of morpholine rings is 1. The Morgan fingerprint density at radius 1 is 1.11 bits per heavy atom. The van der Waals surface area contributed by atoms with Crippen molar-refractivity contribution in [3.05, 3.63) is 41.2 Å². The Bertz CT molecular complexity index is 1150. The molecule has 1 aromatic heterocycles. The second-order valence-electron chi connectivity index (χ2n) is 10.5. The number of nitrogens with zero attached hydrogens (tertiary/aromatic N) is 1. The number of hydrogen-bond donors (Lipinski definition) is 3. The molecule has 0 saturated carbocycles. The van der Waals surface area contributed by atoms with Crippen molar-refractivity contribution in [2.75, 3.05) is 39.5 Å². The van der Waals surface area contributed by atoms with E-state index in [1.807, 2.05) is 12.1 Å². The molecule has 206 valence electrons. The van der Waals surface area contributed by atoms with E-state index in [2.05, 4.69) is 4.90 Å². The first kappa shape index (κ1) is 28.2. The van der Waals surface area contributed by atoms with Gasteiger partial charge in [-0.1, -0.05) is 0 Å². The van der Waals surface area contributed by atoms with Gasteiger partial charge < -0.3 is 24.5 Å². The molecular weight excluding hydrogens is 490 g/mol. The molecule has 1 aromatic carbocycles. The van der Waals surface area contributed by atoms with E-state index >= 15 is 0 Å². The van der Waals surface area contributed by atoms with Crippen LogP contribution in [0.5, 0.6) is 5.75 Å². The third-order valence-electron chi connectivity index (χ3n) is 7.69. The van der Waals surface area contributed by atoms with E-state index in [1.165, 1.54) is 13.0 Å². The number of carbonyl (C=O) groups excluding carboxylic acids is 3. The molecule has 0 amide bonds. The molecule has 0 bridgehead atoms. The summed E-state index contributed by atoms with van der Waals surface area (Å²) in [7, 11) is 0. The fourth-order valence-electron chi connectivity index (χ4n) is 5.84. The number of aliphatic hydroxyl groups excluding tert-OH is 2. The Morgan fingerprint density at radius 3 is 2.55 bits per heavy atom. The quantitative estimate of drug-likeness (QED) is 0.356. The van der Waals surface area contributed by atoms with Crippen molar-refractivity contribution < 1.29 is 38.9 Å². The highest BCUT2D eigenvalue weighted by Crippen LogP contribution is 2.41. The Hall–Kier alpha value is -2.85. The van der Waals surface area contributed by atoms with E-state index in [0.29, 0.717) is 49.5 Å². The molecule has 2 heterocycles. The standard InChI is InChI=1S/C29H37NO8/c1-18(33)12-26(35)24(17-32)20(6-9-31)13-19-14-23-22(3-4-25(34)29(23)27(36)15-19)28-5-2-21(38-28)16-30-7-10-37-11-8-30/h2-5,19-20,24,31-32,34H,6-17H2,1H3. The van der Waals surface area contributed by atoms with E-state index < -0.39 is 12.5 Å². The zero-order chi connectivity index (χ0) is 27.2. The average Bonchev–Trinajstić information content (AvgIpc) is 3.32. The first-order valence-corrected chi connectivity index (χ1v) is 13.3. The van der Waals surface area contributed by atoms with Gasteiger partial charge in [-0.15, -0.1) is 0 Å². The number of phenols is 1. The maximum absolute atomic E-state index is 13.2. The highest BCUT2D eigenvalue weighted by atomic mass is 16.5. The number of rotatable bonds is 12. The lowest BCUT2D eigenvalue weighted by molar-refractivity contribution is -0.131. The minimum absolute atomic E-state index is 0.0657. The zero-order valence-corrected chi connectivity index (χ0v) is 21.9.